The summed E-state index contributed by atoms with van der Waals surface area (Å²) in [4.78, 5) is 0. The molecular weight excluding hydrogens is 148 g/mol. The van der Waals surface area contributed by atoms with Crippen molar-refractivity contribution in [2.45, 2.75) is 19.4 Å². The molecule has 0 fully saturated rings. The van der Waals surface area contributed by atoms with Crippen LogP contribution in [0.2, 0.25) is 0 Å². The Morgan fingerprint density at radius 3 is 2.67 bits per heavy atom. The van der Waals surface area contributed by atoms with Crippen molar-refractivity contribution in [2.75, 3.05) is 0 Å². The SMILES string of the molecule is C#CC(C)(O)c1cccc(C)c1. The number of hydrogen-bond acceptors (Lipinski definition) is 1. The van der Waals surface area contributed by atoms with Crippen molar-refractivity contribution in [1.82, 2.24) is 0 Å². The van der Waals surface area contributed by atoms with Gasteiger partial charge in [0.15, 0.2) is 0 Å². The highest BCUT2D eigenvalue weighted by molar-refractivity contribution is 5.32. The second-order valence-electron chi connectivity index (χ2n) is 3.09. The molecule has 0 aliphatic rings. The number of rotatable bonds is 1. The van der Waals surface area contributed by atoms with E-state index in [-0.39, 0.29) is 0 Å². The molecule has 12 heavy (non-hydrogen) atoms. The van der Waals surface area contributed by atoms with Gasteiger partial charge in [0.1, 0.15) is 5.60 Å². The van der Waals surface area contributed by atoms with Crippen LogP contribution < -0.4 is 0 Å². The summed E-state index contributed by atoms with van der Waals surface area (Å²) in [5.74, 6) is 2.34. The number of aliphatic hydroxyl groups is 1. The predicted octanol–water partition coefficient (Wildman–Crippen LogP) is 1.84. The standard InChI is InChI=1S/C11H12O/c1-4-11(3,12)10-7-5-6-9(2)8-10/h1,5-8,12H,2-3H3. The van der Waals surface area contributed by atoms with Crippen LogP contribution >= 0.6 is 0 Å². The maximum absolute atomic E-state index is 9.68. The third kappa shape index (κ3) is 1.66. The van der Waals surface area contributed by atoms with Crippen molar-refractivity contribution in [1.29, 1.82) is 0 Å². The monoisotopic (exact) mass is 160 g/mol. The summed E-state index contributed by atoms with van der Waals surface area (Å²) in [6, 6.07) is 7.57. The van der Waals surface area contributed by atoms with E-state index in [1.807, 2.05) is 31.2 Å². The summed E-state index contributed by atoms with van der Waals surface area (Å²) in [5.41, 5.74) is 0.722. The number of terminal acetylenes is 1. The van der Waals surface area contributed by atoms with E-state index in [4.69, 9.17) is 6.42 Å². The molecule has 0 radical (unpaired) electrons. The minimum Gasteiger partial charge on any atom is -0.374 e. The summed E-state index contributed by atoms with van der Waals surface area (Å²) in [6.45, 7) is 3.58. The van der Waals surface area contributed by atoms with Gasteiger partial charge < -0.3 is 5.11 Å². The highest BCUT2D eigenvalue weighted by Crippen LogP contribution is 2.19. The summed E-state index contributed by atoms with van der Waals surface area (Å²) >= 11 is 0. The average molecular weight is 160 g/mol. The zero-order valence-corrected chi connectivity index (χ0v) is 7.33. The first kappa shape index (κ1) is 8.83. The normalized spacial score (nSPS) is 14.8. The maximum atomic E-state index is 9.68. The minimum absolute atomic E-state index is 0.769. The topological polar surface area (TPSA) is 20.2 Å². The Labute approximate surface area is 73.0 Å². The summed E-state index contributed by atoms with van der Waals surface area (Å²) < 4.78 is 0. The molecule has 1 nitrogen and oxygen atoms in total. The van der Waals surface area contributed by atoms with Crippen molar-refractivity contribution < 1.29 is 5.11 Å². The van der Waals surface area contributed by atoms with E-state index in [1.165, 1.54) is 0 Å². The molecule has 1 atom stereocenters. The number of aryl methyl sites for hydroxylation is 1. The molecule has 1 N–H and O–H groups in total. The van der Waals surface area contributed by atoms with Crippen LogP contribution in [-0.4, -0.2) is 5.11 Å². The van der Waals surface area contributed by atoms with Crippen LogP contribution in [0.25, 0.3) is 0 Å². The van der Waals surface area contributed by atoms with E-state index in [0.29, 0.717) is 0 Å². The number of benzene rings is 1. The third-order valence-electron chi connectivity index (χ3n) is 1.86. The molecule has 0 aromatic heterocycles. The highest BCUT2D eigenvalue weighted by Gasteiger charge is 2.18. The smallest absolute Gasteiger partial charge is 0.147 e. The molecule has 1 unspecified atom stereocenters. The van der Waals surface area contributed by atoms with E-state index in [0.717, 1.165) is 11.1 Å². The van der Waals surface area contributed by atoms with E-state index >= 15 is 0 Å². The molecule has 1 heteroatoms. The van der Waals surface area contributed by atoms with Crippen LogP contribution in [-0.2, 0) is 5.60 Å². The third-order valence-corrected chi connectivity index (χ3v) is 1.86. The Morgan fingerprint density at radius 2 is 2.17 bits per heavy atom. The van der Waals surface area contributed by atoms with Crippen molar-refractivity contribution in [3.63, 3.8) is 0 Å². The lowest BCUT2D eigenvalue weighted by molar-refractivity contribution is 0.122. The minimum atomic E-state index is -1.15. The number of hydrogen-bond donors (Lipinski definition) is 1. The van der Waals surface area contributed by atoms with Crippen molar-refractivity contribution in [3.05, 3.63) is 35.4 Å². The Hall–Kier alpha value is -1.26. The van der Waals surface area contributed by atoms with Crippen molar-refractivity contribution in [3.8, 4) is 12.3 Å². The summed E-state index contributed by atoms with van der Waals surface area (Å²) in [6.07, 6.45) is 5.19. The van der Waals surface area contributed by atoms with Gasteiger partial charge >= 0.3 is 0 Å². The van der Waals surface area contributed by atoms with Crippen molar-refractivity contribution in [2.24, 2.45) is 0 Å². The van der Waals surface area contributed by atoms with E-state index in [2.05, 4.69) is 5.92 Å². The quantitative estimate of drug-likeness (QED) is 0.621. The second-order valence-corrected chi connectivity index (χ2v) is 3.09. The molecule has 0 amide bonds. The first-order valence-electron chi connectivity index (χ1n) is 3.83. The van der Waals surface area contributed by atoms with Crippen LogP contribution in [0, 0.1) is 19.3 Å². The Bertz CT molecular complexity index is 318. The van der Waals surface area contributed by atoms with Crippen LogP contribution in [0.5, 0.6) is 0 Å². The lowest BCUT2D eigenvalue weighted by atomic mass is 9.96. The van der Waals surface area contributed by atoms with Crippen LogP contribution in [0.15, 0.2) is 24.3 Å². The second kappa shape index (κ2) is 3.00. The van der Waals surface area contributed by atoms with Gasteiger partial charge in [-0.15, -0.1) is 6.42 Å². The molecule has 62 valence electrons. The molecule has 0 saturated heterocycles. The Balaban J connectivity index is 3.14. The van der Waals surface area contributed by atoms with Gasteiger partial charge in [-0.3, -0.25) is 0 Å². The zero-order valence-electron chi connectivity index (χ0n) is 7.33. The predicted molar refractivity (Wildman–Crippen MR) is 49.6 cm³/mol. The van der Waals surface area contributed by atoms with Gasteiger partial charge in [0.25, 0.3) is 0 Å². The van der Waals surface area contributed by atoms with Gasteiger partial charge in [0.2, 0.25) is 0 Å². The van der Waals surface area contributed by atoms with Gasteiger partial charge in [-0.05, 0) is 19.4 Å². The fraction of sp³-hybridized carbons (Fsp3) is 0.273. The van der Waals surface area contributed by atoms with Crippen LogP contribution in [0.4, 0.5) is 0 Å². The first-order chi connectivity index (χ1) is 5.56. The first-order valence-corrected chi connectivity index (χ1v) is 3.83. The summed E-state index contributed by atoms with van der Waals surface area (Å²) in [5, 5.41) is 9.68. The molecule has 1 rings (SSSR count). The van der Waals surface area contributed by atoms with E-state index in [1.54, 1.807) is 6.92 Å². The fourth-order valence-electron chi connectivity index (χ4n) is 1.03. The Kier molecular flexibility index (Phi) is 2.21. The van der Waals surface area contributed by atoms with E-state index < -0.39 is 5.60 Å². The molecular formula is C11H12O. The maximum Gasteiger partial charge on any atom is 0.147 e. The van der Waals surface area contributed by atoms with Gasteiger partial charge in [-0.2, -0.15) is 0 Å². The molecule has 0 spiro atoms. The summed E-state index contributed by atoms with van der Waals surface area (Å²) in [7, 11) is 0. The highest BCUT2D eigenvalue weighted by atomic mass is 16.3. The molecule has 0 bridgehead atoms. The average Bonchev–Trinajstić information content (AvgIpc) is 2.05. The molecule has 0 aliphatic heterocycles. The molecule has 1 aromatic rings. The lowest BCUT2D eigenvalue weighted by Crippen LogP contribution is -2.17. The lowest BCUT2D eigenvalue weighted by Gasteiger charge is -2.16. The largest absolute Gasteiger partial charge is 0.374 e. The van der Waals surface area contributed by atoms with Gasteiger partial charge in [-0.25, -0.2) is 0 Å². The van der Waals surface area contributed by atoms with Crippen molar-refractivity contribution >= 4 is 0 Å². The van der Waals surface area contributed by atoms with Gasteiger partial charge in [-0.1, -0.05) is 35.7 Å². The van der Waals surface area contributed by atoms with Crippen LogP contribution in [0.1, 0.15) is 18.1 Å². The van der Waals surface area contributed by atoms with Gasteiger partial charge in [0, 0.05) is 0 Å². The van der Waals surface area contributed by atoms with Gasteiger partial charge in [0.05, 0.1) is 0 Å². The van der Waals surface area contributed by atoms with E-state index in [9.17, 15) is 5.11 Å². The Morgan fingerprint density at radius 1 is 1.50 bits per heavy atom. The molecule has 0 saturated carbocycles. The zero-order chi connectivity index (χ0) is 9.19. The fourth-order valence-corrected chi connectivity index (χ4v) is 1.03. The molecule has 0 heterocycles. The molecule has 1 aromatic carbocycles. The molecule has 0 aliphatic carbocycles. The van der Waals surface area contributed by atoms with Crippen LogP contribution in [0.3, 0.4) is 0 Å².